The summed E-state index contributed by atoms with van der Waals surface area (Å²) >= 11 is 13.5. The van der Waals surface area contributed by atoms with Gasteiger partial charge in [0, 0.05) is 31.1 Å². The van der Waals surface area contributed by atoms with E-state index in [4.69, 9.17) is 32.9 Å². The van der Waals surface area contributed by atoms with Crippen LogP contribution in [0.25, 0.3) is 39.5 Å². The van der Waals surface area contributed by atoms with Gasteiger partial charge in [0.1, 0.15) is 6.73 Å². The normalized spacial score (nSPS) is 15.2. The lowest BCUT2D eigenvalue weighted by atomic mass is 10.1. The molecule has 0 spiro atoms. The van der Waals surface area contributed by atoms with E-state index in [1.165, 1.54) is 0 Å². The van der Waals surface area contributed by atoms with Crippen LogP contribution in [0.1, 0.15) is 5.56 Å². The molecule has 1 aliphatic heterocycles. The molecule has 0 unspecified atom stereocenters. The summed E-state index contributed by atoms with van der Waals surface area (Å²) in [4.78, 5) is 31.0. The van der Waals surface area contributed by atoms with Gasteiger partial charge in [0.2, 0.25) is 0 Å². The molecule has 0 saturated carbocycles. The highest BCUT2D eigenvalue weighted by molar-refractivity contribution is 8.18. The van der Waals surface area contributed by atoms with E-state index in [2.05, 4.69) is 20.9 Å². The lowest BCUT2D eigenvalue weighted by Crippen LogP contribution is -2.19. The van der Waals surface area contributed by atoms with Gasteiger partial charge < -0.3 is 14.2 Å². The zero-order chi connectivity index (χ0) is 25.6. The van der Waals surface area contributed by atoms with Gasteiger partial charge in [0.15, 0.2) is 5.82 Å². The minimum atomic E-state index is -0.375. The molecule has 2 aromatic carbocycles. The Labute approximate surface area is 221 Å². The lowest BCUT2D eigenvalue weighted by Gasteiger charge is -2.15. The van der Waals surface area contributed by atoms with Crippen molar-refractivity contribution in [1.29, 1.82) is 0 Å². The molecule has 11 heteroatoms. The van der Waals surface area contributed by atoms with E-state index >= 15 is 0 Å². The van der Waals surface area contributed by atoms with Crippen molar-refractivity contribution in [2.45, 2.75) is 13.3 Å². The third kappa shape index (κ3) is 4.65. The zero-order valence-corrected chi connectivity index (χ0v) is 22.2. The number of hydrogen-bond donors (Lipinski definition) is 1. The molecule has 3 heterocycles. The van der Waals surface area contributed by atoms with E-state index in [0.29, 0.717) is 15.0 Å². The summed E-state index contributed by atoms with van der Waals surface area (Å²) in [6.45, 7) is 1.84. The number of likely N-dealkylation sites (N-methyl/N-ethyl adjacent to an activating group) is 1. The molecule has 0 radical (unpaired) electrons. The Morgan fingerprint density at radius 3 is 2.56 bits per heavy atom. The number of nitrogens with zero attached hydrogens (tertiary/aromatic N) is 4. The van der Waals surface area contributed by atoms with Gasteiger partial charge >= 0.3 is 0 Å². The average Bonchev–Trinajstić information content (AvgIpc) is 3.45. The fourth-order valence-corrected chi connectivity index (χ4v) is 5.25. The van der Waals surface area contributed by atoms with Crippen LogP contribution >= 0.6 is 35.0 Å². The van der Waals surface area contributed by atoms with Crippen molar-refractivity contribution in [3.05, 3.63) is 56.9 Å². The van der Waals surface area contributed by atoms with Gasteiger partial charge in [0.05, 0.1) is 31.7 Å². The number of ether oxygens (including phenoxy) is 1. The molecular formula is C25H23Cl2N5O3S. The number of amides is 2. The Kier molecular flexibility index (Phi) is 6.84. The second-order valence-electron chi connectivity index (χ2n) is 8.69. The van der Waals surface area contributed by atoms with E-state index in [1.807, 2.05) is 36.9 Å². The fraction of sp³-hybridized carbons (Fsp3) is 0.240. The molecule has 2 amide bonds. The topological polar surface area (TPSA) is 81.4 Å². The molecule has 186 valence electrons. The van der Waals surface area contributed by atoms with Crippen molar-refractivity contribution in [3.63, 3.8) is 0 Å². The molecule has 8 nitrogen and oxygen atoms in total. The predicted octanol–water partition coefficient (Wildman–Crippen LogP) is 5.45. The van der Waals surface area contributed by atoms with E-state index in [1.54, 1.807) is 25.3 Å². The number of methoxy groups -OCH3 is 1. The van der Waals surface area contributed by atoms with Crippen LogP contribution in [0, 0.1) is 0 Å². The van der Waals surface area contributed by atoms with E-state index < -0.39 is 0 Å². The quantitative estimate of drug-likeness (QED) is 0.312. The molecule has 0 aliphatic carbocycles. The van der Waals surface area contributed by atoms with Crippen LogP contribution in [-0.4, -0.2) is 57.9 Å². The van der Waals surface area contributed by atoms with Crippen LogP contribution in [0.3, 0.4) is 0 Å². The van der Waals surface area contributed by atoms with Crippen LogP contribution in [-0.2, 0) is 22.8 Å². The number of aromatic nitrogens is 3. The van der Waals surface area contributed by atoms with Crippen LogP contribution in [0.4, 0.5) is 4.79 Å². The average molecular weight is 544 g/mol. The molecular weight excluding hydrogens is 521 g/mol. The number of benzene rings is 2. The second kappa shape index (κ2) is 9.91. The predicted molar refractivity (Wildman–Crippen MR) is 145 cm³/mol. The number of rotatable bonds is 7. The van der Waals surface area contributed by atoms with Crippen LogP contribution in [0.5, 0.6) is 0 Å². The maximum Gasteiger partial charge on any atom is 0.290 e. The summed E-state index contributed by atoms with van der Waals surface area (Å²) in [7, 11) is 5.70. The van der Waals surface area contributed by atoms with Crippen molar-refractivity contribution >= 4 is 74.1 Å². The fourth-order valence-electron chi connectivity index (χ4n) is 4.25. The largest absolute Gasteiger partial charge is 0.364 e. The SMILES string of the molecule is COCn1c(-c2cc3cc(/C=C4\SC(=O)NC4=O)ccc3n2CCN(C)C)nc2cc(Cl)c(Cl)cc21. The third-order valence-electron chi connectivity index (χ3n) is 5.91. The Hall–Kier alpha value is -2.82. The summed E-state index contributed by atoms with van der Waals surface area (Å²) in [6, 6.07) is 11.6. The van der Waals surface area contributed by atoms with Gasteiger partial charge in [-0.15, -0.1) is 0 Å². The molecule has 4 aromatic rings. The molecule has 0 atom stereocenters. The number of halogens is 2. The van der Waals surface area contributed by atoms with Gasteiger partial charge in [-0.1, -0.05) is 29.3 Å². The van der Waals surface area contributed by atoms with Gasteiger partial charge in [-0.3, -0.25) is 19.5 Å². The van der Waals surface area contributed by atoms with Gasteiger partial charge in [0.25, 0.3) is 11.1 Å². The summed E-state index contributed by atoms with van der Waals surface area (Å²) in [5.41, 5.74) is 4.32. The van der Waals surface area contributed by atoms with E-state index in [9.17, 15) is 9.59 Å². The number of thioether (sulfide) groups is 1. The van der Waals surface area contributed by atoms with E-state index in [0.717, 1.165) is 63.9 Å². The van der Waals surface area contributed by atoms with Gasteiger partial charge in [-0.05, 0) is 67.8 Å². The first-order valence-electron chi connectivity index (χ1n) is 11.1. The molecule has 1 saturated heterocycles. The first-order valence-corrected chi connectivity index (χ1v) is 12.7. The van der Waals surface area contributed by atoms with E-state index in [-0.39, 0.29) is 17.9 Å². The summed E-state index contributed by atoms with van der Waals surface area (Å²) in [5, 5.41) is 3.81. The Morgan fingerprint density at radius 2 is 1.86 bits per heavy atom. The standard InChI is InChI=1S/C25H23Cl2N5O3S/c1-30(2)6-7-31-19-5-4-14(9-22-24(33)29-25(34)36-22)8-15(19)10-21(31)23-28-18-11-16(26)17(27)12-20(18)32(23)13-35-3/h4-5,8-12H,6-7,13H2,1-3H3,(H,29,33,34)/b22-9-. The second-order valence-corrected chi connectivity index (χ2v) is 10.5. The number of hydrogen-bond acceptors (Lipinski definition) is 6. The molecule has 1 N–H and O–H groups in total. The molecule has 0 bridgehead atoms. The van der Waals surface area contributed by atoms with Crippen molar-refractivity contribution in [1.82, 2.24) is 24.3 Å². The monoisotopic (exact) mass is 543 g/mol. The maximum atomic E-state index is 12.0. The van der Waals surface area contributed by atoms with Crippen molar-refractivity contribution in [2.75, 3.05) is 27.7 Å². The Bertz CT molecular complexity index is 1560. The molecule has 36 heavy (non-hydrogen) atoms. The number of nitrogens with one attached hydrogen (secondary N) is 1. The van der Waals surface area contributed by atoms with Crippen LogP contribution in [0.15, 0.2) is 41.3 Å². The minimum absolute atomic E-state index is 0.288. The smallest absolute Gasteiger partial charge is 0.290 e. The van der Waals surface area contributed by atoms with Crippen LogP contribution < -0.4 is 5.32 Å². The van der Waals surface area contributed by atoms with Gasteiger partial charge in [-0.25, -0.2) is 4.98 Å². The summed E-state index contributed by atoms with van der Waals surface area (Å²) in [6.07, 6.45) is 1.73. The molecule has 1 fully saturated rings. The van der Waals surface area contributed by atoms with Crippen molar-refractivity contribution in [2.24, 2.45) is 0 Å². The maximum absolute atomic E-state index is 12.0. The highest BCUT2D eigenvalue weighted by Crippen LogP contribution is 2.35. The number of fused-ring (bicyclic) bond motifs is 2. The number of imide groups is 1. The molecule has 5 rings (SSSR count). The highest BCUT2D eigenvalue weighted by atomic mass is 35.5. The lowest BCUT2D eigenvalue weighted by molar-refractivity contribution is -0.115. The Balaban J connectivity index is 1.69. The number of carbonyl (C=O) groups is 2. The van der Waals surface area contributed by atoms with Crippen molar-refractivity contribution < 1.29 is 14.3 Å². The minimum Gasteiger partial charge on any atom is -0.364 e. The first-order chi connectivity index (χ1) is 17.2. The molecule has 1 aliphatic rings. The molecule has 2 aromatic heterocycles. The Morgan fingerprint density at radius 1 is 1.08 bits per heavy atom. The third-order valence-corrected chi connectivity index (χ3v) is 7.45. The summed E-state index contributed by atoms with van der Waals surface area (Å²) in [5.74, 6) is 0.358. The first kappa shape index (κ1) is 24.9. The van der Waals surface area contributed by atoms with Crippen LogP contribution in [0.2, 0.25) is 10.0 Å². The number of imidazole rings is 1. The summed E-state index contributed by atoms with van der Waals surface area (Å²) < 4.78 is 9.71. The number of carbonyl (C=O) groups excluding carboxylic acids is 2. The van der Waals surface area contributed by atoms with Gasteiger partial charge in [-0.2, -0.15) is 0 Å². The highest BCUT2D eigenvalue weighted by Gasteiger charge is 2.25. The zero-order valence-electron chi connectivity index (χ0n) is 19.8. The van der Waals surface area contributed by atoms with Crippen molar-refractivity contribution in [3.8, 4) is 11.5 Å².